The van der Waals surface area contributed by atoms with Gasteiger partial charge in [0.15, 0.2) is 0 Å². The Kier molecular flexibility index (Phi) is 4.61. The number of benzene rings is 1. The first-order chi connectivity index (χ1) is 9.33. The van der Waals surface area contributed by atoms with Crippen molar-refractivity contribution >= 4 is 29.2 Å². The summed E-state index contributed by atoms with van der Waals surface area (Å²) in [5.74, 6) is 3.97. The summed E-state index contributed by atoms with van der Waals surface area (Å²) >= 11 is 4.23. The van der Waals surface area contributed by atoms with Gasteiger partial charge in [0.05, 0.1) is 0 Å². The van der Waals surface area contributed by atoms with Crippen LogP contribution in [0.4, 0.5) is 5.69 Å². The summed E-state index contributed by atoms with van der Waals surface area (Å²) in [6.45, 7) is 3.33. The molecule has 0 bridgehead atoms. The second-order valence-electron chi connectivity index (χ2n) is 5.33. The molecule has 2 nitrogen and oxygen atoms in total. The predicted molar refractivity (Wildman–Crippen MR) is 88.7 cm³/mol. The molecule has 104 valence electrons. The van der Waals surface area contributed by atoms with Crippen molar-refractivity contribution in [3.8, 4) is 0 Å². The summed E-state index contributed by atoms with van der Waals surface area (Å²) in [5.41, 5.74) is 4.37. The second-order valence-corrected chi connectivity index (χ2v) is 7.89. The lowest BCUT2D eigenvalue weighted by Crippen LogP contribution is -2.28. The molecule has 0 amide bonds. The first kappa shape index (κ1) is 13.7. The lowest BCUT2D eigenvalue weighted by atomic mass is 10.1. The van der Waals surface area contributed by atoms with E-state index in [9.17, 15) is 0 Å². The van der Waals surface area contributed by atoms with Gasteiger partial charge in [-0.05, 0) is 23.6 Å². The van der Waals surface area contributed by atoms with E-state index in [1.807, 2.05) is 0 Å². The Bertz CT molecular complexity index is 430. The van der Waals surface area contributed by atoms with Crippen LogP contribution in [0.2, 0.25) is 0 Å². The molecule has 2 aliphatic heterocycles. The summed E-state index contributed by atoms with van der Waals surface area (Å²) in [4.78, 5) is 2.35. The van der Waals surface area contributed by atoms with E-state index in [0.29, 0.717) is 0 Å². The van der Waals surface area contributed by atoms with Crippen LogP contribution in [-0.2, 0) is 13.0 Å². The first-order valence-electron chi connectivity index (χ1n) is 7.06. The second kappa shape index (κ2) is 6.42. The minimum atomic E-state index is 0.805. The number of rotatable bonds is 4. The molecule has 1 fully saturated rings. The topological polar surface area (TPSA) is 15.3 Å². The third-order valence-corrected chi connectivity index (χ3v) is 6.70. The van der Waals surface area contributed by atoms with Crippen LogP contribution in [0.3, 0.4) is 0 Å². The van der Waals surface area contributed by atoms with Gasteiger partial charge in [0, 0.05) is 54.9 Å². The molecule has 3 rings (SSSR count). The molecule has 0 radical (unpaired) electrons. The Labute approximate surface area is 124 Å². The van der Waals surface area contributed by atoms with Gasteiger partial charge in [-0.25, -0.2) is 0 Å². The Hall–Kier alpha value is -0.320. The van der Waals surface area contributed by atoms with Gasteiger partial charge in [0.1, 0.15) is 0 Å². The van der Waals surface area contributed by atoms with E-state index in [0.717, 1.165) is 18.3 Å². The number of thioether (sulfide) groups is 2. The SMILES string of the molecule is CN1CCc2cc(CNCC3CSCCS3)ccc21. The molecule has 2 heterocycles. The van der Waals surface area contributed by atoms with Crippen LogP contribution in [0.1, 0.15) is 11.1 Å². The Morgan fingerprint density at radius 1 is 1.37 bits per heavy atom. The van der Waals surface area contributed by atoms with E-state index in [1.54, 1.807) is 0 Å². The zero-order valence-electron chi connectivity index (χ0n) is 11.5. The summed E-state index contributed by atoms with van der Waals surface area (Å²) in [5, 5.41) is 4.43. The van der Waals surface area contributed by atoms with E-state index in [-0.39, 0.29) is 0 Å². The van der Waals surface area contributed by atoms with Crippen LogP contribution in [0, 0.1) is 0 Å². The van der Waals surface area contributed by atoms with Gasteiger partial charge in [-0.1, -0.05) is 12.1 Å². The van der Waals surface area contributed by atoms with E-state index in [4.69, 9.17) is 0 Å². The molecule has 1 atom stereocenters. The Morgan fingerprint density at radius 3 is 3.16 bits per heavy atom. The maximum atomic E-state index is 3.63. The van der Waals surface area contributed by atoms with Gasteiger partial charge in [0.2, 0.25) is 0 Å². The van der Waals surface area contributed by atoms with Crippen molar-refractivity contribution in [1.29, 1.82) is 0 Å². The maximum absolute atomic E-state index is 3.63. The molecule has 1 unspecified atom stereocenters. The minimum Gasteiger partial charge on any atom is -0.374 e. The molecule has 0 spiro atoms. The molecule has 0 aliphatic carbocycles. The van der Waals surface area contributed by atoms with Gasteiger partial charge in [-0.2, -0.15) is 23.5 Å². The normalized spacial score (nSPS) is 22.6. The first-order valence-corrected chi connectivity index (χ1v) is 9.26. The third-order valence-electron chi connectivity index (χ3n) is 3.86. The molecule has 0 aromatic heterocycles. The van der Waals surface area contributed by atoms with Crippen molar-refractivity contribution in [2.75, 3.05) is 42.3 Å². The number of anilines is 1. The van der Waals surface area contributed by atoms with Crippen LogP contribution in [0.25, 0.3) is 0 Å². The molecular weight excluding hydrogens is 272 g/mol. The molecule has 19 heavy (non-hydrogen) atoms. The maximum Gasteiger partial charge on any atom is 0.0397 e. The molecular formula is C15H22N2S2. The van der Waals surface area contributed by atoms with E-state index in [2.05, 4.69) is 59.0 Å². The average molecular weight is 294 g/mol. The van der Waals surface area contributed by atoms with E-state index >= 15 is 0 Å². The minimum absolute atomic E-state index is 0.805. The number of likely N-dealkylation sites (N-methyl/N-ethyl adjacent to an activating group) is 1. The van der Waals surface area contributed by atoms with Gasteiger partial charge < -0.3 is 10.2 Å². The highest BCUT2D eigenvalue weighted by molar-refractivity contribution is 8.06. The van der Waals surface area contributed by atoms with Crippen molar-refractivity contribution in [2.45, 2.75) is 18.2 Å². The largest absolute Gasteiger partial charge is 0.374 e. The highest BCUT2D eigenvalue weighted by Gasteiger charge is 2.16. The molecule has 1 saturated heterocycles. The van der Waals surface area contributed by atoms with E-state index < -0.39 is 0 Å². The molecule has 1 aromatic carbocycles. The molecule has 1 N–H and O–H groups in total. The predicted octanol–water partition coefficient (Wildman–Crippen LogP) is 2.62. The standard InChI is InChI=1S/C15H22N2S2/c1-17-5-4-13-8-12(2-3-15(13)17)9-16-10-14-11-18-6-7-19-14/h2-3,8,14,16H,4-7,9-11H2,1H3. The lowest BCUT2D eigenvalue weighted by Gasteiger charge is -2.21. The summed E-state index contributed by atoms with van der Waals surface area (Å²) in [6.07, 6.45) is 1.20. The summed E-state index contributed by atoms with van der Waals surface area (Å²) in [6, 6.07) is 6.94. The van der Waals surface area contributed by atoms with Crippen LogP contribution < -0.4 is 10.2 Å². The van der Waals surface area contributed by atoms with Crippen LogP contribution in [-0.4, -0.2) is 42.6 Å². The fourth-order valence-corrected chi connectivity index (χ4v) is 5.41. The van der Waals surface area contributed by atoms with Crippen molar-refractivity contribution in [1.82, 2.24) is 5.32 Å². The number of hydrogen-bond acceptors (Lipinski definition) is 4. The van der Waals surface area contributed by atoms with Gasteiger partial charge in [-0.3, -0.25) is 0 Å². The van der Waals surface area contributed by atoms with E-state index in [1.165, 1.54) is 47.0 Å². The monoisotopic (exact) mass is 294 g/mol. The van der Waals surface area contributed by atoms with Crippen LogP contribution in [0.5, 0.6) is 0 Å². The average Bonchev–Trinajstić information content (AvgIpc) is 2.81. The Balaban J connectivity index is 1.50. The molecule has 2 aliphatic rings. The molecule has 4 heteroatoms. The summed E-state index contributed by atoms with van der Waals surface area (Å²) in [7, 11) is 2.18. The summed E-state index contributed by atoms with van der Waals surface area (Å²) < 4.78 is 0. The number of nitrogens with zero attached hydrogens (tertiary/aromatic N) is 1. The van der Waals surface area contributed by atoms with Gasteiger partial charge in [0.25, 0.3) is 0 Å². The highest BCUT2D eigenvalue weighted by atomic mass is 32.2. The van der Waals surface area contributed by atoms with Crippen LogP contribution in [0.15, 0.2) is 18.2 Å². The van der Waals surface area contributed by atoms with Crippen molar-refractivity contribution in [3.63, 3.8) is 0 Å². The quantitative estimate of drug-likeness (QED) is 0.918. The van der Waals surface area contributed by atoms with Crippen LogP contribution >= 0.6 is 23.5 Å². The molecule has 0 saturated carbocycles. The van der Waals surface area contributed by atoms with Crippen molar-refractivity contribution < 1.29 is 0 Å². The fourth-order valence-electron chi connectivity index (χ4n) is 2.76. The third kappa shape index (κ3) is 3.41. The van der Waals surface area contributed by atoms with Gasteiger partial charge >= 0.3 is 0 Å². The van der Waals surface area contributed by atoms with Gasteiger partial charge in [-0.15, -0.1) is 0 Å². The fraction of sp³-hybridized carbons (Fsp3) is 0.600. The lowest BCUT2D eigenvalue weighted by molar-refractivity contribution is 0.686. The zero-order chi connectivity index (χ0) is 13.1. The smallest absolute Gasteiger partial charge is 0.0397 e. The highest BCUT2D eigenvalue weighted by Crippen LogP contribution is 2.27. The number of hydrogen-bond donors (Lipinski definition) is 1. The zero-order valence-corrected chi connectivity index (χ0v) is 13.2. The van der Waals surface area contributed by atoms with Crippen molar-refractivity contribution in [2.24, 2.45) is 0 Å². The number of fused-ring (bicyclic) bond motifs is 1. The number of nitrogens with one attached hydrogen (secondary N) is 1. The van der Waals surface area contributed by atoms with Crippen molar-refractivity contribution in [3.05, 3.63) is 29.3 Å². The Morgan fingerprint density at radius 2 is 2.32 bits per heavy atom. The molecule has 1 aromatic rings.